The van der Waals surface area contributed by atoms with Crippen LogP contribution in [0.2, 0.25) is 0 Å². The zero-order valence-corrected chi connectivity index (χ0v) is 13.1. The van der Waals surface area contributed by atoms with Gasteiger partial charge in [0.05, 0.1) is 19.6 Å². The largest absolute Gasteiger partial charge is 0.394 e. The van der Waals surface area contributed by atoms with E-state index in [9.17, 15) is 0 Å². The number of hydrogen-bond donors (Lipinski definition) is 2. The summed E-state index contributed by atoms with van der Waals surface area (Å²) < 4.78 is 3.30. The Morgan fingerprint density at radius 1 is 1.00 bits per heavy atom. The Kier molecular flexibility index (Phi) is 4.96. The van der Waals surface area contributed by atoms with Gasteiger partial charge in [0.25, 0.3) is 5.95 Å². The third kappa shape index (κ3) is 3.65. The lowest BCUT2D eigenvalue weighted by Crippen LogP contribution is -2.12. The van der Waals surface area contributed by atoms with Crippen LogP contribution in [0.15, 0.2) is 12.7 Å². The molecule has 0 aromatic carbocycles. The number of aliphatic hydroxyl groups excluding tert-OH is 1. The Bertz CT molecular complexity index is 700. The Labute approximate surface area is 137 Å². The van der Waals surface area contributed by atoms with Crippen molar-refractivity contribution in [2.45, 2.75) is 32.9 Å². The quantitative estimate of drug-likeness (QED) is 0.537. The van der Waals surface area contributed by atoms with Crippen LogP contribution in [-0.4, -0.2) is 61.6 Å². The molecule has 24 heavy (non-hydrogen) atoms. The van der Waals surface area contributed by atoms with Gasteiger partial charge in [-0.05, 0) is 6.42 Å². The first-order valence-corrected chi connectivity index (χ1v) is 7.48. The molecule has 0 bridgehead atoms. The van der Waals surface area contributed by atoms with Gasteiger partial charge in [-0.2, -0.15) is 15.2 Å². The maximum atomic E-state index is 8.96. The molecular formula is C12H17N11O. The molecule has 12 heteroatoms. The van der Waals surface area contributed by atoms with Crippen LogP contribution in [0.5, 0.6) is 0 Å². The fraction of sp³-hybridized carbons (Fsp3) is 0.500. The summed E-state index contributed by atoms with van der Waals surface area (Å²) in [6.45, 7) is 3.12. The number of rotatable bonds is 8. The van der Waals surface area contributed by atoms with Crippen LogP contribution in [0.25, 0.3) is 0 Å². The molecule has 0 saturated carbocycles. The third-order valence-corrected chi connectivity index (χ3v) is 3.12. The van der Waals surface area contributed by atoms with Crippen molar-refractivity contribution >= 4 is 11.9 Å². The Morgan fingerprint density at radius 2 is 1.75 bits per heavy atom. The summed E-state index contributed by atoms with van der Waals surface area (Å²) in [4.78, 5) is 8.22. The highest BCUT2D eigenvalue weighted by Crippen LogP contribution is 2.07. The standard InChI is InChI=1S/C12H17N11O/c1-2-3-22-10(13-7-15-22)6-9-18-20-11(21-19-9)17-12-14-8-16-23(12)4-5-24/h7-8,24H,2-6H2,1H3,(H,14,16,17,20,21). The third-order valence-electron chi connectivity index (χ3n) is 3.12. The Hall–Kier alpha value is -3.02. The summed E-state index contributed by atoms with van der Waals surface area (Å²) in [7, 11) is 0. The summed E-state index contributed by atoms with van der Waals surface area (Å²) in [5, 5.41) is 36.0. The average molecular weight is 331 g/mol. The van der Waals surface area contributed by atoms with Gasteiger partial charge in [0, 0.05) is 6.54 Å². The number of nitrogens with zero attached hydrogens (tertiary/aromatic N) is 10. The van der Waals surface area contributed by atoms with Gasteiger partial charge in [-0.25, -0.2) is 14.3 Å². The van der Waals surface area contributed by atoms with Crippen molar-refractivity contribution in [2.75, 3.05) is 11.9 Å². The molecule has 2 N–H and O–H groups in total. The molecule has 0 saturated heterocycles. The predicted molar refractivity (Wildman–Crippen MR) is 81.1 cm³/mol. The minimum Gasteiger partial charge on any atom is -0.394 e. The summed E-state index contributed by atoms with van der Waals surface area (Å²) in [6.07, 6.45) is 4.25. The topological polar surface area (TPSA) is 145 Å². The maximum Gasteiger partial charge on any atom is 0.268 e. The van der Waals surface area contributed by atoms with Crippen molar-refractivity contribution in [3.05, 3.63) is 24.3 Å². The van der Waals surface area contributed by atoms with Gasteiger partial charge in [0.15, 0.2) is 5.82 Å². The SMILES string of the molecule is CCCn1ncnc1Cc1nnc(Nc2ncnn2CCO)nn1. The Morgan fingerprint density at radius 3 is 2.50 bits per heavy atom. The molecule has 0 aliphatic heterocycles. The molecule has 0 spiro atoms. The zero-order valence-electron chi connectivity index (χ0n) is 13.1. The molecular weight excluding hydrogens is 314 g/mol. The molecule has 0 atom stereocenters. The second-order valence-electron chi connectivity index (χ2n) is 4.87. The fourth-order valence-electron chi connectivity index (χ4n) is 2.06. The normalized spacial score (nSPS) is 10.9. The van der Waals surface area contributed by atoms with Crippen LogP contribution in [0.3, 0.4) is 0 Å². The number of aromatic nitrogens is 10. The van der Waals surface area contributed by atoms with E-state index in [1.54, 1.807) is 0 Å². The molecule has 3 aromatic heterocycles. The fourth-order valence-corrected chi connectivity index (χ4v) is 2.06. The van der Waals surface area contributed by atoms with Crippen molar-refractivity contribution in [2.24, 2.45) is 0 Å². The lowest BCUT2D eigenvalue weighted by Gasteiger charge is -2.05. The van der Waals surface area contributed by atoms with Crippen LogP contribution in [0.4, 0.5) is 11.9 Å². The molecule has 0 fully saturated rings. The monoisotopic (exact) mass is 331 g/mol. The van der Waals surface area contributed by atoms with Gasteiger partial charge < -0.3 is 5.11 Å². The van der Waals surface area contributed by atoms with Gasteiger partial charge in [0.1, 0.15) is 18.5 Å². The van der Waals surface area contributed by atoms with Gasteiger partial charge in [-0.15, -0.1) is 20.4 Å². The second-order valence-corrected chi connectivity index (χ2v) is 4.87. The van der Waals surface area contributed by atoms with Crippen LogP contribution < -0.4 is 5.32 Å². The lowest BCUT2D eigenvalue weighted by atomic mass is 10.4. The molecule has 0 unspecified atom stereocenters. The van der Waals surface area contributed by atoms with Crippen molar-refractivity contribution in [3.63, 3.8) is 0 Å². The Balaban J connectivity index is 1.67. The second kappa shape index (κ2) is 7.50. The van der Waals surface area contributed by atoms with E-state index in [0.717, 1.165) is 18.8 Å². The maximum absolute atomic E-state index is 8.96. The zero-order chi connectivity index (χ0) is 16.8. The predicted octanol–water partition coefficient (Wildman–Crippen LogP) is -0.814. The van der Waals surface area contributed by atoms with Gasteiger partial charge in [-0.1, -0.05) is 6.92 Å². The smallest absolute Gasteiger partial charge is 0.268 e. The molecule has 126 valence electrons. The van der Waals surface area contributed by atoms with E-state index < -0.39 is 0 Å². The number of nitrogens with one attached hydrogen (secondary N) is 1. The summed E-state index contributed by atoms with van der Waals surface area (Å²) in [6, 6.07) is 0. The number of aliphatic hydroxyl groups is 1. The molecule has 0 radical (unpaired) electrons. The molecule has 12 nitrogen and oxygen atoms in total. The first kappa shape index (κ1) is 15.9. The van der Waals surface area contributed by atoms with E-state index in [1.165, 1.54) is 17.3 Å². The van der Waals surface area contributed by atoms with Crippen molar-refractivity contribution < 1.29 is 5.11 Å². The summed E-state index contributed by atoms with van der Waals surface area (Å²) >= 11 is 0. The van der Waals surface area contributed by atoms with Crippen molar-refractivity contribution in [1.82, 2.24) is 49.9 Å². The summed E-state index contributed by atoms with van der Waals surface area (Å²) in [5.74, 6) is 1.82. The minimum atomic E-state index is -0.0488. The molecule has 3 aromatic rings. The highest BCUT2D eigenvalue weighted by molar-refractivity contribution is 5.40. The van der Waals surface area contributed by atoms with Crippen LogP contribution in [-0.2, 0) is 19.5 Å². The first-order valence-electron chi connectivity index (χ1n) is 7.48. The number of anilines is 2. The van der Waals surface area contributed by atoms with E-state index >= 15 is 0 Å². The van der Waals surface area contributed by atoms with Crippen LogP contribution in [0.1, 0.15) is 25.0 Å². The first-order chi connectivity index (χ1) is 11.8. The van der Waals surface area contributed by atoms with Crippen molar-refractivity contribution in [3.8, 4) is 0 Å². The van der Waals surface area contributed by atoms with E-state index in [1.807, 2.05) is 4.68 Å². The highest BCUT2D eigenvalue weighted by Gasteiger charge is 2.10. The molecule has 0 aliphatic carbocycles. The van der Waals surface area contributed by atoms with Crippen LogP contribution in [0, 0.1) is 0 Å². The van der Waals surface area contributed by atoms with Gasteiger partial charge in [-0.3, -0.25) is 5.32 Å². The van der Waals surface area contributed by atoms with E-state index in [0.29, 0.717) is 24.7 Å². The molecule has 0 aliphatic rings. The molecule has 3 rings (SSSR count). The molecule has 3 heterocycles. The van der Waals surface area contributed by atoms with Crippen LogP contribution >= 0.6 is 0 Å². The summed E-state index contributed by atoms with van der Waals surface area (Å²) in [5.41, 5.74) is 0. The lowest BCUT2D eigenvalue weighted by molar-refractivity contribution is 0.270. The minimum absolute atomic E-state index is 0.0488. The number of aryl methyl sites for hydroxylation is 1. The van der Waals surface area contributed by atoms with E-state index in [4.69, 9.17) is 5.11 Å². The van der Waals surface area contributed by atoms with E-state index in [2.05, 4.69) is 52.8 Å². The van der Waals surface area contributed by atoms with E-state index in [-0.39, 0.29) is 12.6 Å². The highest BCUT2D eigenvalue weighted by atomic mass is 16.3. The van der Waals surface area contributed by atoms with Gasteiger partial charge >= 0.3 is 0 Å². The molecule has 0 amide bonds. The average Bonchev–Trinajstić information content (AvgIpc) is 3.20. The van der Waals surface area contributed by atoms with Gasteiger partial charge in [0.2, 0.25) is 5.95 Å². The van der Waals surface area contributed by atoms with Crippen molar-refractivity contribution in [1.29, 1.82) is 0 Å². The number of hydrogen-bond acceptors (Lipinski definition) is 10.